The van der Waals surface area contributed by atoms with E-state index in [1.54, 1.807) is 24.5 Å². The third kappa shape index (κ3) is 4.68. The van der Waals surface area contributed by atoms with Crippen molar-refractivity contribution in [2.75, 3.05) is 19.6 Å². The van der Waals surface area contributed by atoms with Gasteiger partial charge >= 0.3 is 6.18 Å². The molecule has 158 valence electrons. The van der Waals surface area contributed by atoms with Crippen LogP contribution in [0.4, 0.5) is 13.2 Å². The van der Waals surface area contributed by atoms with Crippen LogP contribution in [0, 0.1) is 13.8 Å². The fraction of sp³-hybridized carbons (Fsp3) is 0.476. The minimum Gasteiger partial charge on any atom is -0.373 e. The number of hydrogen-bond donors (Lipinski definition) is 0. The number of benzene rings is 1. The molecule has 0 saturated carbocycles. The second-order valence-electron chi connectivity index (χ2n) is 7.66. The van der Waals surface area contributed by atoms with E-state index in [0.29, 0.717) is 35.7 Å². The van der Waals surface area contributed by atoms with Crippen molar-refractivity contribution in [3.63, 3.8) is 0 Å². The molecule has 0 spiro atoms. The molecule has 0 unspecified atom stereocenters. The van der Waals surface area contributed by atoms with Gasteiger partial charge in [-0.3, -0.25) is 9.69 Å². The molecular formula is C21H24ClF3N2O2. The van der Waals surface area contributed by atoms with Crippen LogP contribution in [0.5, 0.6) is 0 Å². The third-order valence-electron chi connectivity index (χ3n) is 5.11. The zero-order valence-corrected chi connectivity index (χ0v) is 17.6. The second-order valence-corrected chi connectivity index (χ2v) is 8.06. The molecule has 0 aliphatic carbocycles. The molecule has 0 amide bonds. The highest BCUT2D eigenvalue weighted by Crippen LogP contribution is 2.36. The van der Waals surface area contributed by atoms with Crippen LogP contribution < -0.4 is 0 Å². The standard InChI is InChI=1S/C21H24ClF3N2O2/c1-12-7-17(20(28)11-26-9-13(2)29-14(3)10-26)15(4)27(12)16-5-6-19(22)18(8-16)21(23,24)25/h5-8,13-14H,9-11H2,1-4H3/t13-,14-/m1/s1. The van der Waals surface area contributed by atoms with Crippen LogP contribution in [0.15, 0.2) is 24.3 Å². The molecule has 3 rings (SSSR count). The Hall–Kier alpha value is -1.83. The van der Waals surface area contributed by atoms with Crippen molar-refractivity contribution in [2.24, 2.45) is 0 Å². The number of alkyl halides is 3. The van der Waals surface area contributed by atoms with E-state index in [0.717, 1.165) is 6.07 Å². The van der Waals surface area contributed by atoms with Crippen molar-refractivity contribution < 1.29 is 22.7 Å². The number of carbonyl (C=O) groups is 1. The van der Waals surface area contributed by atoms with Gasteiger partial charge < -0.3 is 9.30 Å². The average molecular weight is 429 g/mol. The van der Waals surface area contributed by atoms with Gasteiger partial charge in [-0.05, 0) is 52.0 Å². The predicted molar refractivity (Wildman–Crippen MR) is 106 cm³/mol. The predicted octanol–water partition coefficient (Wildman–Crippen LogP) is 5.06. The summed E-state index contributed by atoms with van der Waals surface area (Å²) in [7, 11) is 0. The molecule has 2 atom stereocenters. The van der Waals surface area contributed by atoms with Gasteiger partial charge in [0.25, 0.3) is 0 Å². The molecule has 1 fully saturated rings. The van der Waals surface area contributed by atoms with Crippen molar-refractivity contribution in [1.82, 2.24) is 9.47 Å². The van der Waals surface area contributed by atoms with Gasteiger partial charge in [0.1, 0.15) is 0 Å². The molecule has 1 aromatic heterocycles. The molecule has 1 saturated heterocycles. The van der Waals surface area contributed by atoms with Crippen LogP contribution in [-0.2, 0) is 10.9 Å². The molecule has 8 heteroatoms. The Morgan fingerprint density at radius 1 is 1.17 bits per heavy atom. The number of aryl methyl sites for hydroxylation is 1. The second kappa shape index (κ2) is 8.13. The highest BCUT2D eigenvalue weighted by Gasteiger charge is 2.34. The summed E-state index contributed by atoms with van der Waals surface area (Å²) in [6.07, 6.45) is -4.45. The number of hydrogen-bond acceptors (Lipinski definition) is 3. The molecular weight excluding hydrogens is 405 g/mol. The topological polar surface area (TPSA) is 34.5 Å². The number of morpholine rings is 1. The SMILES string of the molecule is Cc1cc(C(=O)CN2C[C@@H](C)O[C@H](C)C2)c(C)n1-c1ccc(Cl)c(C(F)(F)F)c1. The third-order valence-corrected chi connectivity index (χ3v) is 5.44. The maximum atomic E-state index is 13.2. The Morgan fingerprint density at radius 3 is 2.38 bits per heavy atom. The van der Waals surface area contributed by atoms with E-state index in [1.165, 1.54) is 12.1 Å². The van der Waals surface area contributed by atoms with Crippen molar-refractivity contribution in [1.29, 1.82) is 0 Å². The number of rotatable bonds is 4. The van der Waals surface area contributed by atoms with E-state index in [1.807, 2.05) is 13.8 Å². The first kappa shape index (κ1) is 21.9. The first-order valence-corrected chi connectivity index (χ1v) is 9.82. The molecule has 0 radical (unpaired) electrons. The zero-order chi connectivity index (χ0) is 21.5. The quantitative estimate of drug-likeness (QED) is 0.638. The first-order valence-electron chi connectivity index (χ1n) is 9.44. The van der Waals surface area contributed by atoms with Crippen LogP contribution in [0.1, 0.15) is 41.2 Å². The average Bonchev–Trinajstić information content (AvgIpc) is 2.88. The number of ketones is 1. The highest BCUT2D eigenvalue weighted by molar-refractivity contribution is 6.31. The monoisotopic (exact) mass is 428 g/mol. The van der Waals surface area contributed by atoms with Gasteiger partial charge in [-0.1, -0.05) is 11.6 Å². The van der Waals surface area contributed by atoms with E-state index in [-0.39, 0.29) is 29.6 Å². The summed E-state index contributed by atoms with van der Waals surface area (Å²) < 4.78 is 47.1. The minimum atomic E-state index is -4.55. The number of Topliss-reactive ketones (excluding diaryl/α,β-unsaturated/α-hetero) is 1. The lowest BCUT2D eigenvalue weighted by atomic mass is 10.1. The maximum absolute atomic E-state index is 13.2. The van der Waals surface area contributed by atoms with Crippen molar-refractivity contribution in [3.8, 4) is 5.69 Å². The summed E-state index contributed by atoms with van der Waals surface area (Å²) in [5.74, 6) is -0.0596. The molecule has 1 aliphatic heterocycles. The van der Waals surface area contributed by atoms with Gasteiger partial charge in [-0.15, -0.1) is 0 Å². The summed E-state index contributed by atoms with van der Waals surface area (Å²) in [4.78, 5) is 15.0. The highest BCUT2D eigenvalue weighted by atomic mass is 35.5. The molecule has 4 nitrogen and oxygen atoms in total. The van der Waals surface area contributed by atoms with Crippen molar-refractivity contribution in [3.05, 3.63) is 51.8 Å². The lowest BCUT2D eigenvalue weighted by molar-refractivity contribution is -0.137. The summed E-state index contributed by atoms with van der Waals surface area (Å²) in [5, 5.41) is -0.351. The number of nitrogens with zero attached hydrogens (tertiary/aromatic N) is 2. The number of ether oxygens (including phenoxy) is 1. The molecule has 1 aliphatic rings. The van der Waals surface area contributed by atoms with Crippen LogP contribution in [0.3, 0.4) is 0 Å². The van der Waals surface area contributed by atoms with Gasteiger partial charge in [0, 0.05) is 35.7 Å². The zero-order valence-electron chi connectivity index (χ0n) is 16.8. The molecule has 2 heterocycles. The van der Waals surface area contributed by atoms with Gasteiger partial charge in [0.05, 0.1) is 29.3 Å². The smallest absolute Gasteiger partial charge is 0.373 e. The fourth-order valence-electron chi connectivity index (χ4n) is 4.01. The van der Waals surface area contributed by atoms with Gasteiger partial charge in [-0.2, -0.15) is 13.2 Å². The first-order chi connectivity index (χ1) is 13.5. The lowest BCUT2D eigenvalue weighted by Crippen LogP contribution is -2.47. The van der Waals surface area contributed by atoms with Crippen LogP contribution >= 0.6 is 11.6 Å². The summed E-state index contributed by atoms with van der Waals surface area (Å²) in [6.45, 7) is 9.03. The molecule has 0 N–H and O–H groups in total. The number of halogens is 4. The van der Waals surface area contributed by atoms with E-state index >= 15 is 0 Å². The Morgan fingerprint density at radius 2 is 1.79 bits per heavy atom. The normalized spacial score (nSPS) is 20.8. The summed E-state index contributed by atoms with van der Waals surface area (Å²) >= 11 is 5.74. The van der Waals surface area contributed by atoms with E-state index < -0.39 is 11.7 Å². The Labute approximate surface area is 173 Å². The van der Waals surface area contributed by atoms with Crippen LogP contribution in [-0.4, -0.2) is 47.1 Å². The van der Waals surface area contributed by atoms with Gasteiger partial charge in [-0.25, -0.2) is 0 Å². The van der Waals surface area contributed by atoms with E-state index in [2.05, 4.69) is 4.90 Å². The summed E-state index contributed by atoms with van der Waals surface area (Å²) in [6, 6.07) is 5.50. The van der Waals surface area contributed by atoms with Gasteiger partial charge in [0.15, 0.2) is 5.78 Å². The number of aromatic nitrogens is 1. The van der Waals surface area contributed by atoms with Crippen LogP contribution in [0.25, 0.3) is 5.69 Å². The minimum absolute atomic E-state index is 0.0499. The summed E-state index contributed by atoms with van der Waals surface area (Å²) in [5.41, 5.74) is 1.23. The molecule has 29 heavy (non-hydrogen) atoms. The van der Waals surface area contributed by atoms with Gasteiger partial charge in [0.2, 0.25) is 0 Å². The fourth-order valence-corrected chi connectivity index (χ4v) is 4.24. The van der Waals surface area contributed by atoms with E-state index in [4.69, 9.17) is 16.3 Å². The molecule has 2 aromatic rings. The van der Waals surface area contributed by atoms with Crippen LogP contribution in [0.2, 0.25) is 5.02 Å². The van der Waals surface area contributed by atoms with E-state index in [9.17, 15) is 18.0 Å². The van der Waals surface area contributed by atoms with Crippen molar-refractivity contribution in [2.45, 2.75) is 46.1 Å². The Balaban J connectivity index is 1.90. The van der Waals surface area contributed by atoms with Crippen molar-refractivity contribution >= 4 is 17.4 Å². The Kier molecular flexibility index (Phi) is 6.13. The largest absolute Gasteiger partial charge is 0.417 e. The molecule has 0 bridgehead atoms. The maximum Gasteiger partial charge on any atom is 0.417 e. The lowest BCUT2D eigenvalue weighted by Gasteiger charge is -2.34. The Bertz CT molecular complexity index is 913. The molecule has 1 aromatic carbocycles. The number of carbonyl (C=O) groups excluding carboxylic acids is 1.